The topological polar surface area (TPSA) is 49.7 Å². The van der Waals surface area contributed by atoms with Crippen LogP contribution in [0.2, 0.25) is 18.1 Å². The summed E-state index contributed by atoms with van der Waals surface area (Å²) in [5, 5.41) is 19.8. The summed E-state index contributed by atoms with van der Waals surface area (Å²) in [6.45, 7) is 17.3. The third kappa shape index (κ3) is 11.0. The molecule has 0 aromatic heterocycles. The zero-order valence-electron chi connectivity index (χ0n) is 18.1. The average Bonchev–Trinajstić information content (AvgIpc) is 2.48. The van der Waals surface area contributed by atoms with Gasteiger partial charge in [0.05, 0.1) is 18.3 Å². The van der Waals surface area contributed by atoms with Gasteiger partial charge in [0.15, 0.2) is 8.32 Å². The van der Waals surface area contributed by atoms with Gasteiger partial charge in [0.25, 0.3) is 0 Å². The van der Waals surface area contributed by atoms with Gasteiger partial charge in [0, 0.05) is 0 Å². The summed E-state index contributed by atoms with van der Waals surface area (Å²) in [7, 11) is -1.67. The molecule has 0 amide bonds. The standard InChI is InChI=1S/C22H40O3Si/c1-19(16-17-20(23)22(5,6)24)15-13-11-9-10-12-14-18-25-26(7,8)21(2,3)4/h11-14,19-20,23-24H,15-18H2,1-8H3/b13-11+,14-12+/t19-,20?/m0/s1. The molecule has 0 aliphatic carbocycles. The third-order valence-corrected chi connectivity index (χ3v) is 9.62. The summed E-state index contributed by atoms with van der Waals surface area (Å²) in [6.07, 6.45) is 9.51. The Hall–Kier alpha value is -0.863. The highest BCUT2D eigenvalue weighted by molar-refractivity contribution is 6.74. The van der Waals surface area contributed by atoms with Crippen LogP contribution >= 0.6 is 0 Å². The van der Waals surface area contributed by atoms with E-state index >= 15 is 0 Å². The Labute approximate surface area is 162 Å². The summed E-state index contributed by atoms with van der Waals surface area (Å²) in [4.78, 5) is 0. The summed E-state index contributed by atoms with van der Waals surface area (Å²) in [6, 6.07) is 0. The number of hydrogen-bond donors (Lipinski definition) is 2. The van der Waals surface area contributed by atoms with Crippen molar-refractivity contribution in [1.29, 1.82) is 0 Å². The van der Waals surface area contributed by atoms with Crippen LogP contribution in [0, 0.1) is 17.8 Å². The molecule has 0 heterocycles. The van der Waals surface area contributed by atoms with Crippen molar-refractivity contribution in [3.8, 4) is 11.8 Å². The molecule has 1 unspecified atom stereocenters. The van der Waals surface area contributed by atoms with Gasteiger partial charge >= 0.3 is 0 Å². The van der Waals surface area contributed by atoms with Crippen LogP contribution in [0.1, 0.15) is 60.8 Å². The number of allylic oxidation sites excluding steroid dienone is 3. The molecule has 0 saturated heterocycles. The predicted octanol–water partition coefficient (Wildman–Crippen LogP) is 5.06. The van der Waals surface area contributed by atoms with Gasteiger partial charge in [-0.15, -0.1) is 0 Å². The van der Waals surface area contributed by atoms with E-state index in [4.69, 9.17) is 4.43 Å². The van der Waals surface area contributed by atoms with Crippen LogP contribution in [0.4, 0.5) is 0 Å². The zero-order chi connectivity index (χ0) is 20.4. The van der Waals surface area contributed by atoms with E-state index in [0.29, 0.717) is 18.9 Å². The molecule has 2 atom stereocenters. The van der Waals surface area contributed by atoms with Crippen molar-refractivity contribution >= 4 is 8.32 Å². The van der Waals surface area contributed by atoms with Crippen molar-refractivity contribution in [2.24, 2.45) is 5.92 Å². The average molecular weight is 381 g/mol. The van der Waals surface area contributed by atoms with Crippen LogP contribution in [-0.2, 0) is 4.43 Å². The maximum atomic E-state index is 9.84. The molecule has 3 nitrogen and oxygen atoms in total. The molecule has 0 aliphatic rings. The van der Waals surface area contributed by atoms with Crippen molar-refractivity contribution in [3.63, 3.8) is 0 Å². The van der Waals surface area contributed by atoms with Gasteiger partial charge in [-0.2, -0.15) is 0 Å². The minimum Gasteiger partial charge on any atom is -0.413 e. The first-order valence-electron chi connectivity index (χ1n) is 9.63. The van der Waals surface area contributed by atoms with Crippen molar-refractivity contribution in [2.75, 3.05) is 6.61 Å². The van der Waals surface area contributed by atoms with Gasteiger partial charge in [0.2, 0.25) is 0 Å². The van der Waals surface area contributed by atoms with E-state index in [1.807, 2.05) is 18.2 Å². The summed E-state index contributed by atoms with van der Waals surface area (Å²) in [5.41, 5.74) is -1.03. The molecule has 0 aromatic carbocycles. The fraction of sp³-hybridized carbons (Fsp3) is 0.727. The molecule has 2 N–H and O–H groups in total. The van der Waals surface area contributed by atoms with E-state index in [-0.39, 0.29) is 5.04 Å². The monoisotopic (exact) mass is 380 g/mol. The van der Waals surface area contributed by atoms with E-state index in [1.54, 1.807) is 13.8 Å². The van der Waals surface area contributed by atoms with E-state index in [0.717, 1.165) is 12.8 Å². The Morgan fingerprint density at radius 3 is 2.04 bits per heavy atom. The van der Waals surface area contributed by atoms with Gasteiger partial charge in [-0.05, 0) is 69.3 Å². The lowest BCUT2D eigenvalue weighted by atomic mass is 9.92. The minimum atomic E-state index is -1.67. The lowest BCUT2D eigenvalue weighted by Crippen LogP contribution is -2.40. The molecule has 0 saturated carbocycles. The van der Waals surface area contributed by atoms with E-state index in [2.05, 4.69) is 58.7 Å². The van der Waals surface area contributed by atoms with Gasteiger partial charge in [-0.3, -0.25) is 0 Å². The van der Waals surface area contributed by atoms with Gasteiger partial charge in [-0.1, -0.05) is 51.7 Å². The maximum absolute atomic E-state index is 9.84. The van der Waals surface area contributed by atoms with Crippen molar-refractivity contribution in [1.82, 2.24) is 0 Å². The molecule has 0 aliphatic heterocycles. The summed E-state index contributed by atoms with van der Waals surface area (Å²) >= 11 is 0. The van der Waals surface area contributed by atoms with E-state index < -0.39 is 20.0 Å². The summed E-state index contributed by atoms with van der Waals surface area (Å²) < 4.78 is 6.05. The molecule has 0 rings (SSSR count). The van der Waals surface area contributed by atoms with Crippen LogP contribution in [0.5, 0.6) is 0 Å². The Kier molecular flexibility index (Phi) is 10.7. The van der Waals surface area contributed by atoms with Crippen LogP contribution in [-0.4, -0.2) is 36.8 Å². The van der Waals surface area contributed by atoms with Crippen molar-refractivity contribution in [2.45, 2.75) is 90.6 Å². The van der Waals surface area contributed by atoms with Crippen molar-refractivity contribution < 1.29 is 14.6 Å². The Balaban J connectivity index is 4.07. The fourth-order valence-corrected chi connectivity index (χ4v) is 2.89. The highest BCUT2D eigenvalue weighted by atomic mass is 28.4. The smallest absolute Gasteiger partial charge is 0.192 e. The second-order valence-electron chi connectivity index (χ2n) is 9.25. The normalized spacial score (nSPS) is 15.9. The molecule has 26 heavy (non-hydrogen) atoms. The third-order valence-electron chi connectivity index (χ3n) is 5.12. The molecule has 4 heteroatoms. The molecular weight excluding hydrogens is 340 g/mol. The minimum absolute atomic E-state index is 0.231. The lowest BCUT2D eigenvalue weighted by molar-refractivity contribution is -0.0533. The van der Waals surface area contributed by atoms with Crippen LogP contribution < -0.4 is 0 Å². The molecule has 0 fully saturated rings. The molecule has 0 radical (unpaired) electrons. The zero-order valence-corrected chi connectivity index (χ0v) is 19.1. The first-order valence-corrected chi connectivity index (χ1v) is 12.5. The molecule has 0 aromatic rings. The van der Waals surface area contributed by atoms with Crippen LogP contribution in [0.15, 0.2) is 24.3 Å². The van der Waals surface area contributed by atoms with Crippen molar-refractivity contribution in [3.05, 3.63) is 24.3 Å². The predicted molar refractivity (Wildman–Crippen MR) is 115 cm³/mol. The Morgan fingerprint density at radius 2 is 1.54 bits per heavy atom. The number of aliphatic hydroxyl groups is 2. The van der Waals surface area contributed by atoms with Gasteiger partial charge in [0.1, 0.15) is 0 Å². The highest BCUT2D eigenvalue weighted by Gasteiger charge is 2.36. The summed E-state index contributed by atoms with van der Waals surface area (Å²) in [5.74, 6) is 6.46. The maximum Gasteiger partial charge on any atom is 0.192 e. The van der Waals surface area contributed by atoms with E-state index in [9.17, 15) is 10.2 Å². The second kappa shape index (κ2) is 11.1. The SMILES string of the molecule is C[C@@H](C/C=C/C#C/C=C/CO[Si](C)(C)C(C)(C)C)CCC(O)C(C)(C)O. The van der Waals surface area contributed by atoms with E-state index in [1.165, 1.54) is 0 Å². The molecule has 150 valence electrons. The first kappa shape index (κ1) is 25.1. The van der Waals surface area contributed by atoms with Crippen LogP contribution in [0.25, 0.3) is 0 Å². The highest BCUT2D eigenvalue weighted by Crippen LogP contribution is 2.36. The number of aliphatic hydroxyl groups excluding tert-OH is 1. The van der Waals surface area contributed by atoms with Gasteiger partial charge < -0.3 is 14.6 Å². The molecular formula is C22H40O3Si. The first-order chi connectivity index (χ1) is 11.8. The van der Waals surface area contributed by atoms with Crippen LogP contribution in [0.3, 0.4) is 0 Å². The number of hydrogen-bond acceptors (Lipinski definition) is 3. The quantitative estimate of drug-likeness (QED) is 0.434. The van der Waals surface area contributed by atoms with Gasteiger partial charge in [-0.25, -0.2) is 0 Å². The number of rotatable bonds is 9. The molecule has 0 spiro atoms. The Bertz CT molecular complexity index is 510. The largest absolute Gasteiger partial charge is 0.413 e. The Morgan fingerprint density at radius 1 is 1.00 bits per heavy atom. The second-order valence-corrected chi connectivity index (χ2v) is 14.1. The molecule has 0 bridgehead atoms. The lowest BCUT2D eigenvalue weighted by Gasteiger charge is -2.35. The fourth-order valence-electron chi connectivity index (χ4n) is 1.95.